The summed E-state index contributed by atoms with van der Waals surface area (Å²) in [6.07, 6.45) is 6.13. The maximum Gasteiger partial charge on any atom is 0.323 e. The lowest BCUT2D eigenvalue weighted by molar-refractivity contribution is -0.143. The lowest BCUT2D eigenvalue weighted by Crippen LogP contribution is -2.41. The number of hydrogen-bond acceptors (Lipinski definition) is 3. The molecule has 15 heavy (non-hydrogen) atoms. The largest absolute Gasteiger partial charge is 0.468 e. The minimum atomic E-state index is -0.0698. The monoisotopic (exact) mass is 211 g/mol. The van der Waals surface area contributed by atoms with Gasteiger partial charge in [0.25, 0.3) is 0 Å². The lowest BCUT2D eigenvalue weighted by atomic mass is 10.1. The lowest BCUT2D eigenvalue weighted by Gasteiger charge is -2.15. The van der Waals surface area contributed by atoms with Crippen molar-refractivity contribution in [3.63, 3.8) is 0 Å². The van der Waals surface area contributed by atoms with Crippen LogP contribution in [0.3, 0.4) is 0 Å². The summed E-state index contributed by atoms with van der Waals surface area (Å²) in [5.41, 5.74) is 0. The van der Waals surface area contributed by atoms with Crippen molar-refractivity contribution in [2.45, 2.75) is 51.1 Å². The fraction of sp³-hybridized carbons (Fsp3) is 0.917. The van der Waals surface area contributed by atoms with Gasteiger partial charge in [-0.15, -0.1) is 0 Å². The topological polar surface area (TPSA) is 38.3 Å². The van der Waals surface area contributed by atoms with Crippen LogP contribution in [0.5, 0.6) is 0 Å². The maximum atomic E-state index is 11.5. The van der Waals surface area contributed by atoms with E-state index in [0.717, 1.165) is 5.92 Å². The zero-order valence-corrected chi connectivity index (χ0v) is 9.66. The molecule has 3 atom stereocenters. The summed E-state index contributed by atoms with van der Waals surface area (Å²) in [6, 6.07) is 0.552. The van der Waals surface area contributed by atoms with Gasteiger partial charge in [-0.3, -0.25) is 4.79 Å². The fourth-order valence-electron chi connectivity index (χ4n) is 2.33. The Labute approximate surface area is 91.6 Å². The Balaban J connectivity index is 1.78. The molecule has 0 saturated heterocycles. The second-order valence-corrected chi connectivity index (χ2v) is 4.90. The predicted octanol–water partition coefficient (Wildman–Crippen LogP) is 1.72. The van der Waals surface area contributed by atoms with Crippen LogP contribution in [0.15, 0.2) is 0 Å². The van der Waals surface area contributed by atoms with Crippen LogP contribution in [0.2, 0.25) is 0 Å². The molecule has 1 N–H and O–H groups in total. The smallest absolute Gasteiger partial charge is 0.323 e. The summed E-state index contributed by atoms with van der Waals surface area (Å²) in [7, 11) is 1.48. The van der Waals surface area contributed by atoms with Gasteiger partial charge in [0.05, 0.1) is 7.11 Å². The fourth-order valence-corrected chi connectivity index (χ4v) is 2.33. The Morgan fingerprint density at radius 3 is 2.80 bits per heavy atom. The van der Waals surface area contributed by atoms with Crippen molar-refractivity contribution in [1.82, 2.24) is 5.32 Å². The Morgan fingerprint density at radius 2 is 2.27 bits per heavy atom. The van der Waals surface area contributed by atoms with Gasteiger partial charge < -0.3 is 10.1 Å². The van der Waals surface area contributed by atoms with Crippen LogP contribution in [-0.4, -0.2) is 25.2 Å². The highest BCUT2D eigenvalue weighted by molar-refractivity contribution is 5.76. The van der Waals surface area contributed by atoms with E-state index in [-0.39, 0.29) is 12.0 Å². The van der Waals surface area contributed by atoms with E-state index < -0.39 is 0 Å². The van der Waals surface area contributed by atoms with Gasteiger partial charge in [0.1, 0.15) is 6.04 Å². The molecule has 2 fully saturated rings. The third-order valence-electron chi connectivity index (χ3n) is 3.52. The van der Waals surface area contributed by atoms with Gasteiger partial charge in [-0.25, -0.2) is 0 Å². The van der Waals surface area contributed by atoms with E-state index in [2.05, 4.69) is 12.2 Å². The highest BCUT2D eigenvalue weighted by atomic mass is 16.5. The quantitative estimate of drug-likeness (QED) is 0.680. The van der Waals surface area contributed by atoms with Gasteiger partial charge in [-0.1, -0.05) is 13.3 Å². The van der Waals surface area contributed by atoms with E-state index in [9.17, 15) is 4.79 Å². The Bertz CT molecular complexity index is 238. The summed E-state index contributed by atoms with van der Waals surface area (Å²) in [6.45, 7) is 2.22. The molecule has 2 saturated carbocycles. The molecule has 2 rings (SSSR count). The van der Waals surface area contributed by atoms with Gasteiger partial charge >= 0.3 is 5.97 Å². The Morgan fingerprint density at radius 1 is 1.53 bits per heavy atom. The van der Waals surface area contributed by atoms with Crippen molar-refractivity contribution >= 4 is 5.97 Å². The minimum Gasteiger partial charge on any atom is -0.468 e. The number of carbonyl (C=O) groups is 1. The normalized spacial score (nSPS) is 31.1. The molecule has 0 aromatic carbocycles. The molecule has 2 aliphatic rings. The number of rotatable bonds is 6. The summed E-state index contributed by atoms with van der Waals surface area (Å²) in [4.78, 5) is 11.5. The molecule has 3 nitrogen and oxygen atoms in total. The molecule has 0 aliphatic heterocycles. The first kappa shape index (κ1) is 10.9. The molecule has 3 heteroatoms. The molecule has 2 aliphatic carbocycles. The van der Waals surface area contributed by atoms with E-state index in [1.165, 1.54) is 39.2 Å². The van der Waals surface area contributed by atoms with Crippen LogP contribution in [0.25, 0.3) is 0 Å². The molecule has 3 unspecified atom stereocenters. The van der Waals surface area contributed by atoms with Gasteiger partial charge in [-0.05, 0) is 37.5 Å². The molecule has 0 heterocycles. The average molecular weight is 211 g/mol. The highest BCUT2D eigenvalue weighted by Crippen LogP contribution is 2.39. The standard InChI is InChI=1S/C12H21NO2/c1-3-4-9-7-10(9)13-11(8-5-6-8)12(14)15-2/h8-11,13H,3-7H2,1-2H3. The van der Waals surface area contributed by atoms with E-state index in [4.69, 9.17) is 4.74 Å². The number of ether oxygens (including phenoxy) is 1. The molecule has 0 aromatic rings. The number of methoxy groups -OCH3 is 1. The number of hydrogen-bond donors (Lipinski definition) is 1. The van der Waals surface area contributed by atoms with Crippen molar-refractivity contribution in [3.8, 4) is 0 Å². The predicted molar refractivity (Wildman–Crippen MR) is 58.5 cm³/mol. The van der Waals surface area contributed by atoms with Crippen LogP contribution in [0, 0.1) is 11.8 Å². The Hall–Kier alpha value is -0.570. The highest BCUT2D eigenvalue weighted by Gasteiger charge is 2.44. The molecule has 0 aromatic heterocycles. The van der Waals surface area contributed by atoms with Crippen molar-refractivity contribution in [1.29, 1.82) is 0 Å². The van der Waals surface area contributed by atoms with Crippen LogP contribution in [0.4, 0.5) is 0 Å². The van der Waals surface area contributed by atoms with Crippen molar-refractivity contribution in [3.05, 3.63) is 0 Å². The molecule has 0 amide bonds. The molecule has 0 spiro atoms. The van der Waals surface area contributed by atoms with Crippen LogP contribution in [-0.2, 0) is 9.53 Å². The second-order valence-electron chi connectivity index (χ2n) is 4.90. The zero-order chi connectivity index (χ0) is 10.8. The van der Waals surface area contributed by atoms with E-state index in [1.54, 1.807) is 0 Å². The van der Waals surface area contributed by atoms with Gasteiger partial charge in [0.15, 0.2) is 0 Å². The average Bonchev–Trinajstić information content (AvgIpc) is 3.08. The molecular weight excluding hydrogens is 190 g/mol. The van der Waals surface area contributed by atoms with Crippen molar-refractivity contribution in [2.24, 2.45) is 11.8 Å². The third kappa shape index (κ3) is 2.71. The van der Waals surface area contributed by atoms with Crippen LogP contribution < -0.4 is 5.32 Å². The Kier molecular flexibility index (Phi) is 3.29. The van der Waals surface area contributed by atoms with Crippen molar-refractivity contribution < 1.29 is 9.53 Å². The molecular formula is C12H21NO2. The number of esters is 1. The summed E-state index contributed by atoms with van der Waals surface area (Å²) in [5, 5.41) is 3.46. The van der Waals surface area contributed by atoms with Crippen LogP contribution >= 0.6 is 0 Å². The molecule has 0 radical (unpaired) electrons. The second kappa shape index (κ2) is 4.52. The van der Waals surface area contributed by atoms with E-state index >= 15 is 0 Å². The van der Waals surface area contributed by atoms with Gasteiger partial charge in [0.2, 0.25) is 0 Å². The van der Waals surface area contributed by atoms with Gasteiger partial charge in [0, 0.05) is 6.04 Å². The van der Waals surface area contributed by atoms with Gasteiger partial charge in [-0.2, -0.15) is 0 Å². The van der Waals surface area contributed by atoms with E-state index in [1.807, 2.05) is 0 Å². The summed E-state index contributed by atoms with van der Waals surface area (Å²) in [5.74, 6) is 1.28. The molecule has 86 valence electrons. The van der Waals surface area contributed by atoms with Crippen LogP contribution in [0.1, 0.15) is 39.0 Å². The number of carbonyl (C=O) groups excluding carboxylic acids is 1. The summed E-state index contributed by atoms with van der Waals surface area (Å²) < 4.78 is 4.84. The maximum absolute atomic E-state index is 11.5. The third-order valence-corrected chi connectivity index (χ3v) is 3.52. The molecule has 0 bridgehead atoms. The first-order valence-corrected chi connectivity index (χ1v) is 6.10. The van der Waals surface area contributed by atoms with Crippen molar-refractivity contribution in [2.75, 3.05) is 7.11 Å². The minimum absolute atomic E-state index is 0.0261. The zero-order valence-electron chi connectivity index (χ0n) is 9.66. The first-order valence-electron chi connectivity index (χ1n) is 6.10. The van der Waals surface area contributed by atoms with E-state index in [0.29, 0.717) is 12.0 Å². The SMILES string of the molecule is CCCC1CC1NC(C(=O)OC)C1CC1. The first-order chi connectivity index (χ1) is 7.26. The number of nitrogens with one attached hydrogen (secondary N) is 1. The summed E-state index contributed by atoms with van der Waals surface area (Å²) >= 11 is 0.